The average molecular weight is 582 g/mol. The second-order valence-corrected chi connectivity index (χ2v) is 16.1. The highest BCUT2D eigenvalue weighted by molar-refractivity contribution is 6.74. The van der Waals surface area contributed by atoms with Crippen molar-refractivity contribution in [2.24, 2.45) is 0 Å². The summed E-state index contributed by atoms with van der Waals surface area (Å²) in [5, 5.41) is 0.0643. The van der Waals surface area contributed by atoms with E-state index in [9.17, 15) is 13.2 Å². The van der Waals surface area contributed by atoms with Gasteiger partial charge in [0.05, 0.1) is 29.3 Å². The molecule has 0 radical (unpaired) electrons. The first kappa shape index (κ1) is 30.1. The highest BCUT2D eigenvalue weighted by Gasteiger charge is 2.37. The highest BCUT2D eigenvalue weighted by atomic mass is 28.4. The molecule has 0 atom stereocenters. The summed E-state index contributed by atoms with van der Waals surface area (Å²) >= 11 is 0. The van der Waals surface area contributed by atoms with E-state index in [2.05, 4.69) is 53.8 Å². The lowest BCUT2D eigenvalue weighted by molar-refractivity contribution is 0.146. The minimum absolute atomic E-state index is 0.0199. The molecule has 0 aliphatic carbocycles. The van der Waals surface area contributed by atoms with Crippen molar-refractivity contribution in [1.82, 2.24) is 19.9 Å². The summed E-state index contributed by atoms with van der Waals surface area (Å²) in [5.74, 6) is -0.447. The Kier molecular flexibility index (Phi) is 8.79. The van der Waals surface area contributed by atoms with Gasteiger partial charge in [-0.2, -0.15) is 4.98 Å². The Balaban J connectivity index is 1.71. The summed E-state index contributed by atoms with van der Waals surface area (Å²) < 4.78 is 53.5. The van der Waals surface area contributed by atoms with E-state index in [0.717, 1.165) is 5.69 Å². The van der Waals surface area contributed by atoms with Crippen molar-refractivity contribution in [3.05, 3.63) is 83.2 Å². The van der Waals surface area contributed by atoms with Crippen LogP contribution >= 0.6 is 0 Å². The minimum atomic E-state index is -2.79. The number of anilines is 1. The maximum Gasteiger partial charge on any atom is 0.280 e. The maximum atomic E-state index is 13.7. The van der Waals surface area contributed by atoms with Gasteiger partial charge >= 0.3 is 0 Å². The lowest BCUT2D eigenvalue weighted by Gasteiger charge is -2.36. The number of halogens is 3. The monoisotopic (exact) mass is 581 g/mol. The summed E-state index contributed by atoms with van der Waals surface area (Å²) in [6.45, 7) is 12.9. The third-order valence-corrected chi connectivity index (χ3v) is 11.6. The number of nitrogens with zero attached hydrogens (tertiary/aromatic N) is 4. The highest BCUT2D eigenvalue weighted by Crippen LogP contribution is 2.40. The molecule has 4 rings (SSSR count). The van der Waals surface area contributed by atoms with Crippen LogP contribution in [0.4, 0.5) is 19.1 Å². The molecule has 3 aromatic heterocycles. The number of ether oxygens (including phenoxy) is 1. The van der Waals surface area contributed by atoms with Gasteiger partial charge < -0.3 is 14.9 Å². The number of aromatic nitrogens is 4. The Morgan fingerprint density at radius 2 is 1.54 bits per heavy atom. The predicted octanol–water partition coefficient (Wildman–Crippen LogP) is 7.67. The normalized spacial score (nSPS) is 12.1. The molecule has 0 aliphatic heterocycles. The molecule has 3 heterocycles. The third kappa shape index (κ3) is 7.28. The van der Waals surface area contributed by atoms with Crippen LogP contribution in [0.15, 0.2) is 54.6 Å². The number of aryl methyl sites for hydroxylation is 1. The molecule has 4 aromatic rings. The van der Waals surface area contributed by atoms with Crippen molar-refractivity contribution in [3.8, 4) is 28.3 Å². The van der Waals surface area contributed by atoms with Gasteiger partial charge in [-0.05, 0) is 79.2 Å². The Morgan fingerprint density at radius 1 is 0.878 bits per heavy atom. The zero-order chi connectivity index (χ0) is 29.9. The molecular formula is C30H34F3N5O2Si. The molecule has 216 valence electrons. The fourth-order valence-corrected chi connectivity index (χ4v) is 4.83. The summed E-state index contributed by atoms with van der Waals surface area (Å²) in [4.78, 5) is 17.3. The van der Waals surface area contributed by atoms with Gasteiger partial charge in [-0.3, -0.25) is 9.97 Å². The van der Waals surface area contributed by atoms with Crippen LogP contribution < -0.4 is 10.5 Å². The van der Waals surface area contributed by atoms with E-state index in [1.54, 1.807) is 13.0 Å². The number of benzene rings is 1. The van der Waals surface area contributed by atoms with Crippen molar-refractivity contribution < 1.29 is 22.3 Å². The van der Waals surface area contributed by atoms with E-state index in [0.29, 0.717) is 40.4 Å². The number of hydrogen-bond acceptors (Lipinski definition) is 7. The predicted molar refractivity (Wildman–Crippen MR) is 155 cm³/mol. The molecule has 11 heteroatoms. The number of nitrogen functional groups attached to an aromatic ring is 1. The Labute approximate surface area is 239 Å². The zero-order valence-electron chi connectivity index (χ0n) is 24.0. The topological polar surface area (TPSA) is 96.0 Å². The molecule has 2 N–H and O–H groups in total. The number of rotatable bonds is 9. The van der Waals surface area contributed by atoms with Gasteiger partial charge in [-0.1, -0.05) is 26.8 Å². The first-order chi connectivity index (χ1) is 19.2. The molecule has 0 fully saturated rings. The smallest absolute Gasteiger partial charge is 0.280 e. The molecule has 0 amide bonds. The Morgan fingerprint density at radius 3 is 2.17 bits per heavy atom. The lowest BCUT2D eigenvalue weighted by atomic mass is 9.99. The van der Waals surface area contributed by atoms with Crippen LogP contribution in [0.25, 0.3) is 22.4 Å². The van der Waals surface area contributed by atoms with Gasteiger partial charge in [-0.25, -0.2) is 18.2 Å². The maximum absolute atomic E-state index is 13.7. The van der Waals surface area contributed by atoms with E-state index < -0.39 is 26.3 Å². The summed E-state index contributed by atoms with van der Waals surface area (Å²) in [5.41, 5.74) is 8.92. The molecule has 0 unspecified atom stereocenters. The molecule has 0 saturated carbocycles. The lowest BCUT2D eigenvalue weighted by Crippen LogP contribution is -2.40. The van der Waals surface area contributed by atoms with Crippen LogP contribution in [0.5, 0.6) is 5.88 Å². The van der Waals surface area contributed by atoms with Gasteiger partial charge in [0.1, 0.15) is 18.1 Å². The van der Waals surface area contributed by atoms with Crippen molar-refractivity contribution >= 4 is 14.3 Å². The summed E-state index contributed by atoms with van der Waals surface area (Å²) in [6, 6.07) is 14.1. The fraction of sp³-hybridized carbons (Fsp3) is 0.333. The fourth-order valence-electron chi connectivity index (χ4n) is 3.89. The molecule has 41 heavy (non-hydrogen) atoms. The van der Waals surface area contributed by atoms with Gasteiger partial charge in [0.2, 0.25) is 11.8 Å². The van der Waals surface area contributed by atoms with Crippen molar-refractivity contribution in [2.75, 3.05) is 5.73 Å². The molecular weight excluding hydrogens is 547 g/mol. The number of alkyl halides is 2. The number of nitrogens with two attached hydrogens (primary N) is 1. The van der Waals surface area contributed by atoms with Crippen LogP contribution in [0, 0.1) is 12.7 Å². The van der Waals surface area contributed by atoms with Gasteiger partial charge in [0.15, 0.2) is 8.32 Å². The molecule has 0 aliphatic rings. The van der Waals surface area contributed by atoms with E-state index in [-0.39, 0.29) is 23.5 Å². The van der Waals surface area contributed by atoms with E-state index >= 15 is 0 Å². The first-order valence-corrected chi connectivity index (χ1v) is 16.1. The Hall–Kier alpha value is -3.83. The number of pyridine rings is 2. The van der Waals surface area contributed by atoms with Crippen molar-refractivity contribution in [2.45, 2.75) is 65.5 Å². The zero-order valence-corrected chi connectivity index (χ0v) is 25.0. The van der Waals surface area contributed by atoms with E-state index in [4.69, 9.17) is 14.9 Å². The third-order valence-electron chi connectivity index (χ3n) is 7.10. The van der Waals surface area contributed by atoms with Crippen LogP contribution in [0.2, 0.25) is 18.1 Å². The van der Waals surface area contributed by atoms with E-state index in [1.165, 1.54) is 30.3 Å². The second-order valence-electron chi connectivity index (χ2n) is 11.3. The minimum Gasteiger partial charge on any atom is -0.471 e. The molecule has 0 saturated heterocycles. The van der Waals surface area contributed by atoms with Crippen molar-refractivity contribution in [3.63, 3.8) is 0 Å². The van der Waals surface area contributed by atoms with Crippen LogP contribution in [-0.2, 0) is 17.6 Å². The second kappa shape index (κ2) is 12.0. The average Bonchev–Trinajstić information content (AvgIpc) is 2.90. The largest absolute Gasteiger partial charge is 0.471 e. The van der Waals surface area contributed by atoms with Gasteiger partial charge in [-0.15, -0.1) is 0 Å². The van der Waals surface area contributed by atoms with Crippen LogP contribution in [0.3, 0.4) is 0 Å². The molecule has 7 nitrogen and oxygen atoms in total. The van der Waals surface area contributed by atoms with E-state index in [1.807, 2.05) is 18.2 Å². The Bertz CT molecular complexity index is 1530. The van der Waals surface area contributed by atoms with Crippen LogP contribution in [0.1, 0.15) is 50.0 Å². The molecule has 0 bridgehead atoms. The first-order valence-electron chi connectivity index (χ1n) is 13.2. The quantitative estimate of drug-likeness (QED) is 0.203. The summed E-state index contributed by atoms with van der Waals surface area (Å²) in [6.07, 6.45) is -2.79. The summed E-state index contributed by atoms with van der Waals surface area (Å²) in [7, 11) is -1.97. The van der Waals surface area contributed by atoms with Gasteiger partial charge in [0.25, 0.3) is 6.43 Å². The molecule has 0 spiro atoms. The standard InChI is InChI=1S/C30H34F3N5O2Si/c1-18-14-20(15-24(35-18)27(32)33)25-26(19-10-12-21(31)13-11-19)37-29(34)38-28(25)39-16-22-8-7-9-23(36-22)17-40-41(5,6)30(2,3)4/h7-15,27H,16-17H2,1-6H3,(H2,34,37,38). The van der Waals surface area contributed by atoms with Crippen LogP contribution in [-0.4, -0.2) is 28.3 Å². The van der Waals surface area contributed by atoms with Crippen molar-refractivity contribution in [1.29, 1.82) is 0 Å². The number of hydrogen-bond donors (Lipinski definition) is 1. The van der Waals surface area contributed by atoms with Gasteiger partial charge in [0, 0.05) is 11.3 Å². The molecule has 1 aromatic carbocycles. The SMILES string of the molecule is Cc1cc(-c2c(OCc3cccc(CO[Si](C)(C)C(C)(C)C)n3)nc(N)nc2-c2ccc(F)cc2)cc(C(F)F)n1.